The summed E-state index contributed by atoms with van der Waals surface area (Å²) in [6.45, 7) is 2.11. The van der Waals surface area contributed by atoms with E-state index in [0.717, 1.165) is 34.8 Å². The van der Waals surface area contributed by atoms with E-state index < -0.39 is 0 Å². The van der Waals surface area contributed by atoms with Crippen LogP contribution in [0.4, 0.5) is 11.5 Å². The van der Waals surface area contributed by atoms with Crippen molar-refractivity contribution >= 4 is 17.2 Å². The van der Waals surface area contributed by atoms with Crippen molar-refractivity contribution < 1.29 is 4.74 Å². The summed E-state index contributed by atoms with van der Waals surface area (Å²) in [7, 11) is 1.69. The lowest BCUT2D eigenvalue weighted by molar-refractivity contribution is 0.410. The molecule has 4 rings (SSSR count). The Kier molecular flexibility index (Phi) is 4.27. The summed E-state index contributed by atoms with van der Waals surface area (Å²) < 4.78 is 7.48. The Hall–Kier alpha value is -3.34. The zero-order valence-electron chi connectivity index (χ0n) is 14.8. The minimum absolute atomic E-state index is 0.711. The molecule has 0 bridgehead atoms. The van der Waals surface area contributed by atoms with E-state index in [4.69, 9.17) is 9.72 Å². The maximum absolute atomic E-state index is 5.50. The third-order valence-corrected chi connectivity index (χ3v) is 4.37. The quantitative estimate of drug-likeness (QED) is 0.569. The van der Waals surface area contributed by atoms with Gasteiger partial charge in [0.2, 0.25) is 0 Å². The highest BCUT2D eigenvalue weighted by Crippen LogP contribution is 2.28. The molecule has 26 heavy (non-hydrogen) atoms. The summed E-state index contributed by atoms with van der Waals surface area (Å²) in [4.78, 5) is 9.23. The molecule has 0 radical (unpaired) electrons. The van der Waals surface area contributed by atoms with E-state index in [-0.39, 0.29) is 0 Å². The van der Waals surface area contributed by atoms with Crippen LogP contribution < -0.4 is 10.1 Å². The number of fused-ring (bicyclic) bond motifs is 1. The fraction of sp³-hybridized carbons (Fsp3) is 0.143. The summed E-state index contributed by atoms with van der Waals surface area (Å²) in [6.07, 6.45) is 6.62. The number of rotatable bonds is 5. The van der Waals surface area contributed by atoms with Crippen LogP contribution in [0.15, 0.2) is 67.1 Å². The molecular formula is C21H20N4O. The van der Waals surface area contributed by atoms with Gasteiger partial charge in [0.05, 0.1) is 12.8 Å². The Morgan fingerprint density at radius 3 is 2.73 bits per heavy atom. The highest BCUT2D eigenvalue weighted by Gasteiger charge is 2.10. The van der Waals surface area contributed by atoms with Gasteiger partial charge in [-0.2, -0.15) is 0 Å². The molecule has 0 saturated heterocycles. The van der Waals surface area contributed by atoms with Gasteiger partial charge in [-0.3, -0.25) is 0 Å². The summed E-state index contributed by atoms with van der Waals surface area (Å²) >= 11 is 0. The number of aryl methyl sites for hydroxylation is 1. The van der Waals surface area contributed by atoms with Crippen LogP contribution >= 0.6 is 0 Å². The average molecular weight is 344 g/mol. The monoisotopic (exact) mass is 344 g/mol. The molecule has 0 aliphatic heterocycles. The van der Waals surface area contributed by atoms with E-state index in [9.17, 15) is 0 Å². The zero-order valence-corrected chi connectivity index (χ0v) is 14.8. The van der Waals surface area contributed by atoms with Gasteiger partial charge < -0.3 is 14.5 Å². The molecule has 130 valence electrons. The van der Waals surface area contributed by atoms with Crippen molar-refractivity contribution in [1.29, 1.82) is 0 Å². The minimum atomic E-state index is 0.711. The van der Waals surface area contributed by atoms with E-state index in [1.807, 2.05) is 59.3 Å². The average Bonchev–Trinajstić information content (AvgIpc) is 3.17. The third kappa shape index (κ3) is 2.99. The van der Waals surface area contributed by atoms with Gasteiger partial charge in [-0.05, 0) is 18.1 Å². The Balaban J connectivity index is 1.77. The van der Waals surface area contributed by atoms with Crippen LogP contribution in [-0.2, 0) is 6.42 Å². The molecule has 5 nitrogen and oxygen atoms in total. The van der Waals surface area contributed by atoms with E-state index in [1.165, 1.54) is 5.56 Å². The first kappa shape index (κ1) is 16.1. The van der Waals surface area contributed by atoms with E-state index in [0.29, 0.717) is 5.82 Å². The van der Waals surface area contributed by atoms with Crippen molar-refractivity contribution in [2.45, 2.75) is 13.3 Å². The van der Waals surface area contributed by atoms with Gasteiger partial charge in [-0.25, -0.2) is 9.97 Å². The summed E-state index contributed by atoms with van der Waals surface area (Å²) in [5.74, 6) is 1.58. The number of hydrogen-bond donors (Lipinski definition) is 1. The standard InChI is InChI=1S/C21H20N4O/c1-3-15-9-10-17(13-19(15)26-2)23-20-21-22-11-12-25(21)14-18(24-20)16-7-5-4-6-8-16/h4-14H,3H2,1-2H3,(H,23,24). The van der Waals surface area contributed by atoms with Gasteiger partial charge in [-0.1, -0.05) is 43.3 Å². The van der Waals surface area contributed by atoms with Crippen LogP contribution in [0.25, 0.3) is 16.9 Å². The minimum Gasteiger partial charge on any atom is -0.496 e. The molecule has 0 aliphatic rings. The molecule has 0 amide bonds. The van der Waals surface area contributed by atoms with E-state index >= 15 is 0 Å². The number of ether oxygens (including phenoxy) is 1. The number of methoxy groups -OCH3 is 1. The van der Waals surface area contributed by atoms with Crippen LogP contribution in [0.5, 0.6) is 5.75 Å². The zero-order chi connectivity index (χ0) is 17.9. The highest BCUT2D eigenvalue weighted by molar-refractivity contribution is 5.74. The Morgan fingerprint density at radius 1 is 1.12 bits per heavy atom. The number of hydrogen-bond acceptors (Lipinski definition) is 4. The number of nitrogens with one attached hydrogen (secondary N) is 1. The van der Waals surface area contributed by atoms with Crippen molar-refractivity contribution in [2.24, 2.45) is 0 Å². The number of imidazole rings is 1. The van der Waals surface area contributed by atoms with E-state index in [2.05, 4.69) is 23.3 Å². The van der Waals surface area contributed by atoms with Crippen molar-refractivity contribution in [3.8, 4) is 17.0 Å². The number of benzene rings is 2. The predicted molar refractivity (Wildman–Crippen MR) is 104 cm³/mol. The van der Waals surface area contributed by atoms with Crippen LogP contribution in [0, 0.1) is 0 Å². The van der Waals surface area contributed by atoms with Crippen LogP contribution in [0.2, 0.25) is 0 Å². The maximum atomic E-state index is 5.50. The van der Waals surface area contributed by atoms with Crippen molar-refractivity contribution in [3.05, 3.63) is 72.7 Å². The predicted octanol–water partition coefficient (Wildman–Crippen LogP) is 4.71. The lowest BCUT2D eigenvalue weighted by atomic mass is 10.1. The van der Waals surface area contributed by atoms with Crippen LogP contribution in [0.1, 0.15) is 12.5 Å². The first-order valence-electron chi connectivity index (χ1n) is 8.61. The lowest BCUT2D eigenvalue weighted by Crippen LogP contribution is -2.01. The summed E-state index contributed by atoms with van der Waals surface area (Å²) in [5, 5.41) is 3.39. The number of aromatic nitrogens is 3. The molecule has 0 aliphatic carbocycles. The van der Waals surface area contributed by atoms with Gasteiger partial charge in [0.1, 0.15) is 5.75 Å². The molecule has 5 heteroatoms. The molecule has 2 heterocycles. The van der Waals surface area contributed by atoms with Crippen LogP contribution in [0.3, 0.4) is 0 Å². The SMILES string of the molecule is CCc1ccc(Nc2nc(-c3ccccc3)cn3ccnc23)cc1OC. The molecular weight excluding hydrogens is 324 g/mol. The van der Waals surface area contributed by atoms with Crippen molar-refractivity contribution in [3.63, 3.8) is 0 Å². The number of anilines is 2. The summed E-state index contributed by atoms with van der Waals surface area (Å²) in [6, 6.07) is 16.2. The second kappa shape index (κ2) is 6.88. The highest BCUT2D eigenvalue weighted by atomic mass is 16.5. The Morgan fingerprint density at radius 2 is 1.96 bits per heavy atom. The molecule has 0 atom stereocenters. The lowest BCUT2D eigenvalue weighted by Gasteiger charge is -2.12. The molecule has 0 fully saturated rings. The molecule has 4 aromatic rings. The molecule has 0 unspecified atom stereocenters. The second-order valence-corrected chi connectivity index (χ2v) is 6.00. The molecule has 2 aromatic heterocycles. The smallest absolute Gasteiger partial charge is 0.180 e. The first-order valence-corrected chi connectivity index (χ1v) is 8.61. The topological polar surface area (TPSA) is 51.5 Å². The second-order valence-electron chi connectivity index (χ2n) is 6.00. The largest absolute Gasteiger partial charge is 0.496 e. The molecule has 0 saturated carbocycles. The Labute approximate surface area is 152 Å². The van der Waals surface area contributed by atoms with Gasteiger partial charge in [0.15, 0.2) is 11.5 Å². The Bertz CT molecular complexity index is 1040. The van der Waals surface area contributed by atoms with Crippen LogP contribution in [-0.4, -0.2) is 21.5 Å². The van der Waals surface area contributed by atoms with Gasteiger partial charge in [0, 0.05) is 35.9 Å². The molecule has 2 aromatic carbocycles. The molecule has 0 spiro atoms. The van der Waals surface area contributed by atoms with E-state index in [1.54, 1.807) is 13.3 Å². The van der Waals surface area contributed by atoms with Crippen molar-refractivity contribution in [2.75, 3.05) is 12.4 Å². The normalized spacial score (nSPS) is 10.8. The molecule has 1 N–H and O–H groups in total. The first-order chi connectivity index (χ1) is 12.8. The third-order valence-electron chi connectivity index (χ3n) is 4.37. The van der Waals surface area contributed by atoms with Gasteiger partial charge >= 0.3 is 0 Å². The van der Waals surface area contributed by atoms with Gasteiger partial charge in [0.25, 0.3) is 0 Å². The fourth-order valence-electron chi connectivity index (χ4n) is 3.01. The maximum Gasteiger partial charge on any atom is 0.180 e. The summed E-state index contributed by atoms with van der Waals surface area (Å²) in [5.41, 5.74) is 4.82. The fourth-order valence-corrected chi connectivity index (χ4v) is 3.01. The van der Waals surface area contributed by atoms with Gasteiger partial charge in [-0.15, -0.1) is 0 Å². The van der Waals surface area contributed by atoms with Crippen molar-refractivity contribution in [1.82, 2.24) is 14.4 Å². The number of nitrogens with zero attached hydrogens (tertiary/aromatic N) is 3.